The first kappa shape index (κ1) is 20.2. The Bertz CT molecular complexity index is 827. The third-order valence-electron chi connectivity index (χ3n) is 5.71. The maximum absolute atomic E-state index is 11.9. The maximum Gasteiger partial charge on any atom is 0.338 e. The second-order valence-electron chi connectivity index (χ2n) is 8.47. The highest BCUT2D eigenvalue weighted by Crippen LogP contribution is 2.44. The van der Waals surface area contributed by atoms with Crippen LogP contribution in [-0.4, -0.2) is 31.8 Å². The Morgan fingerprint density at radius 3 is 2.43 bits per heavy atom. The third-order valence-corrected chi connectivity index (χ3v) is 5.71. The first-order chi connectivity index (χ1) is 13.3. The summed E-state index contributed by atoms with van der Waals surface area (Å²) in [5, 5.41) is 0. The van der Waals surface area contributed by atoms with Crippen LogP contribution in [0.15, 0.2) is 48.5 Å². The molecule has 0 saturated carbocycles. The van der Waals surface area contributed by atoms with Crippen molar-refractivity contribution in [2.75, 3.05) is 23.5 Å². The monoisotopic (exact) mass is 380 g/mol. The van der Waals surface area contributed by atoms with E-state index in [-0.39, 0.29) is 17.6 Å². The number of carbonyl (C=O) groups is 1. The van der Waals surface area contributed by atoms with Crippen molar-refractivity contribution >= 4 is 17.3 Å². The molecule has 0 aromatic heterocycles. The summed E-state index contributed by atoms with van der Waals surface area (Å²) in [6.45, 7) is 11.4. The van der Waals surface area contributed by atoms with E-state index in [1.807, 2.05) is 31.2 Å². The van der Waals surface area contributed by atoms with Gasteiger partial charge in [-0.25, -0.2) is 4.79 Å². The van der Waals surface area contributed by atoms with Crippen LogP contribution in [0.1, 0.15) is 57.0 Å². The normalized spacial score (nSPS) is 18.0. The average Bonchev–Trinajstić information content (AvgIpc) is 2.67. The maximum atomic E-state index is 11.9. The zero-order chi connectivity index (χ0) is 20.5. The van der Waals surface area contributed by atoms with Crippen LogP contribution < -0.4 is 9.80 Å². The average molecular weight is 381 g/mol. The highest BCUT2D eigenvalue weighted by Gasteiger charge is 2.40. The molecule has 1 heterocycles. The predicted molar refractivity (Wildman–Crippen MR) is 116 cm³/mol. The highest BCUT2D eigenvalue weighted by molar-refractivity contribution is 5.89. The van der Waals surface area contributed by atoms with E-state index < -0.39 is 0 Å². The topological polar surface area (TPSA) is 32.8 Å². The zero-order valence-corrected chi connectivity index (χ0v) is 17.9. The van der Waals surface area contributed by atoms with Crippen molar-refractivity contribution in [1.29, 1.82) is 0 Å². The van der Waals surface area contributed by atoms with Crippen molar-refractivity contribution < 1.29 is 9.53 Å². The molecule has 28 heavy (non-hydrogen) atoms. The molecular weight excluding hydrogens is 348 g/mol. The fourth-order valence-electron chi connectivity index (χ4n) is 4.26. The number of anilines is 2. The summed E-state index contributed by atoms with van der Waals surface area (Å²) >= 11 is 0. The summed E-state index contributed by atoms with van der Waals surface area (Å²) in [6.07, 6.45) is 1.26. The van der Waals surface area contributed by atoms with E-state index in [1.54, 1.807) is 0 Å². The second-order valence-corrected chi connectivity index (χ2v) is 8.47. The van der Waals surface area contributed by atoms with Crippen molar-refractivity contribution in [2.24, 2.45) is 0 Å². The smallest absolute Gasteiger partial charge is 0.338 e. The number of nitrogens with zero attached hydrogens (tertiary/aromatic N) is 2. The van der Waals surface area contributed by atoms with Gasteiger partial charge in [0.1, 0.15) is 6.17 Å². The van der Waals surface area contributed by atoms with Gasteiger partial charge in [-0.3, -0.25) is 0 Å². The Labute approximate surface area is 169 Å². The number of hydrogen-bond donors (Lipinski definition) is 0. The quantitative estimate of drug-likeness (QED) is 0.666. The fourth-order valence-corrected chi connectivity index (χ4v) is 4.26. The van der Waals surface area contributed by atoms with Gasteiger partial charge in [-0.1, -0.05) is 32.0 Å². The molecule has 150 valence electrons. The summed E-state index contributed by atoms with van der Waals surface area (Å²) in [5.41, 5.74) is 4.50. The molecule has 4 nitrogen and oxygen atoms in total. The summed E-state index contributed by atoms with van der Waals surface area (Å²) in [6, 6.07) is 16.9. The molecule has 1 aliphatic heterocycles. The van der Waals surface area contributed by atoms with Crippen molar-refractivity contribution in [2.45, 2.75) is 58.7 Å². The van der Waals surface area contributed by atoms with Gasteiger partial charge in [-0.2, -0.15) is 0 Å². The van der Waals surface area contributed by atoms with Crippen molar-refractivity contribution in [3.05, 3.63) is 59.7 Å². The first-order valence-corrected chi connectivity index (χ1v) is 10.1. The molecule has 2 aromatic rings. The number of hydrogen-bond acceptors (Lipinski definition) is 4. The predicted octanol–water partition coefficient (Wildman–Crippen LogP) is 5.22. The summed E-state index contributed by atoms with van der Waals surface area (Å²) < 4.78 is 5.10. The summed E-state index contributed by atoms with van der Waals surface area (Å²) in [7, 11) is 2.14. The molecule has 0 aliphatic carbocycles. The largest absolute Gasteiger partial charge is 0.462 e. The van der Waals surface area contributed by atoms with Crippen LogP contribution in [0.25, 0.3) is 0 Å². The van der Waals surface area contributed by atoms with Crippen LogP contribution in [0.2, 0.25) is 0 Å². The Hall–Kier alpha value is -2.49. The van der Waals surface area contributed by atoms with Crippen LogP contribution in [0.4, 0.5) is 11.4 Å². The molecule has 1 aliphatic rings. The standard InChI is InChI=1S/C24H32N2O2/c1-7-28-23(27)18-12-14-19(15-13-18)25(6)22-16-24(4,5)20-10-8-9-11-21(20)26(22)17(2)3/h8-15,17,22H,7,16H2,1-6H3. The van der Waals surface area contributed by atoms with E-state index in [2.05, 4.69) is 68.8 Å². The van der Waals surface area contributed by atoms with E-state index in [1.165, 1.54) is 11.3 Å². The molecule has 0 radical (unpaired) electrons. The van der Waals surface area contributed by atoms with E-state index in [0.29, 0.717) is 18.2 Å². The number of esters is 1. The van der Waals surface area contributed by atoms with Gasteiger partial charge in [-0.15, -0.1) is 0 Å². The van der Waals surface area contributed by atoms with Crippen LogP contribution in [-0.2, 0) is 10.2 Å². The summed E-state index contributed by atoms with van der Waals surface area (Å²) in [4.78, 5) is 16.8. The lowest BCUT2D eigenvalue weighted by Crippen LogP contribution is -2.56. The second kappa shape index (κ2) is 7.86. The van der Waals surface area contributed by atoms with Crippen LogP contribution in [0.5, 0.6) is 0 Å². The molecule has 0 bridgehead atoms. The number of ether oxygens (including phenoxy) is 1. The molecule has 0 spiro atoms. The number of carbonyl (C=O) groups excluding carboxylic acids is 1. The minimum Gasteiger partial charge on any atom is -0.462 e. The lowest BCUT2D eigenvalue weighted by atomic mass is 9.75. The fraction of sp³-hybridized carbons (Fsp3) is 0.458. The molecule has 0 saturated heterocycles. The lowest BCUT2D eigenvalue weighted by Gasteiger charge is -2.51. The molecule has 2 aromatic carbocycles. The van der Waals surface area contributed by atoms with E-state index >= 15 is 0 Å². The van der Waals surface area contributed by atoms with Crippen molar-refractivity contribution in [3.8, 4) is 0 Å². The molecule has 3 rings (SSSR count). The Morgan fingerprint density at radius 2 is 1.82 bits per heavy atom. The Morgan fingerprint density at radius 1 is 1.18 bits per heavy atom. The molecular formula is C24H32N2O2. The SMILES string of the molecule is CCOC(=O)c1ccc(N(C)C2CC(C)(C)c3ccccc3N2C(C)C)cc1. The van der Waals surface area contributed by atoms with E-state index in [4.69, 9.17) is 4.74 Å². The van der Waals surface area contributed by atoms with Gasteiger partial charge >= 0.3 is 5.97 Å². The van der Waals surface area contributed by atoms with Crippen LogP contribution in [0, 0.1) is 0 Å². The molecule has 1 unspecified atom stereocenters. The van der Waals surface area contributed by atoms with Gasteiger partial charge in [0.2, 0.25) is 0 Å². The van der Waals surface area contributed by atoms with Crippen LogP contribution in [0.3, 0.4) is 0 Å². The Kier molecular flexibility index (Phi) is 5.69. The molecule has 0 amide bonds. The van der Waals surface area contributed by atoms with Crippen molar-refractivity contribution in [1.82, 2.24) is 0 Å². The Balaban J connectivity index is 1.94. The lowest BCUT2D eigenvalue weighted by molar-refractivity contribution is 0.0526. The number of fused-ring (bicyclic) bond motifs is 1. The van der Waals surface area contributed by atoms with Gasteiger partial charge in [0.25, 0.3) is 0 Å². The van der Waals surface area contributed by atoms with Crippen LogP contribution >= 0.6 is 0 Å². The van der Waals surface area contributed by atoms with Gasteiger partial charge < -0.3 is 14.5 Å². The minimum absolute atomic E-state index is 0.0891. The van der Waals surface area contributed by atoms with Gasteiger partial charge in [0, 0.05) is 24.5 Å². The van der Waals surface area contributed by atoms with E-state index in [0.717, 1.165) is 12.1 Å². The minimum atomic E-state index is -0.270. The van der Waals surface area contributed by atoms with Gasteiger partial charge in [-0.05, 0) is 68.5 Å². The first-order valence-electron chi connectivity index (χ1n) is 10.1. The molecule has 0 N–H and O–H groups in total. The third kappa shape index (κ3) is 3.73. The highest BCUT2D eigenvalue weighted by atomic mass is 16.5. The van der Waals surface area contributed by atoms with Crippen molar-refractivity contribution in [3.63, 3.8) is 0 Å². The zero-order valence-electron chi connectivity index (χ0n) is 17.9. The van der Waals surface area contributed by atoms with Gasteiger partial charge in [0.05, 0.1) is 12.2 Å². The number of rotatable bonds is 5. The van der Waals surface area contributed by atoms with E-state index in [9.17, 15) is 4.79 Å². The number of para-hydroxylation sites is 1. The summed E-state index contributed by atoms with van der Waals surface area (Å²) in [5.74, 6) is -0.270. The number of benzene rings is 2. The molecule has 1 atom stereocenters. The molecule has 0 fully saturated rings. The molecule has 4 heteroatoms. The van der Waals surface area contributed by atoms with Gasteiger partial charge in [0.15, 0.2) is 0 Å².